The Morgan fingerprint density at radius 2 is 1.85 bits per heavy atom. The van der Waals surface area contributed by atoms with Gasteiger partial charge in [0.25, 0.3) is 5.91 Å². The zero-order valence-electron chi connectivity index (χ0n) is 14.9. The van der Waals surface area contributed by atoms with Crippen molar-refractivity contribution in [2.45, 2.75) is 6.04 Å². The molecule has 0 aromatic heterocycles. The molecular formula is C19H19ClN2O4S. The third-order valence-corrected chi connectivity index (χ3v) is 5.51. The molecule has 6 nitrogen and oxygen atoms in total. The molecule has 2 aromatic rings. The Hall–Kier alpha value is -2.38. The molecule has 1 saturated heterocycles. The number of carbonyl (C=O) groups excluding carboxylic acids is 2. The minimum atomic E-state index is -0.576. The van der Waals surface area contributed by atoms with Crippen LogP contribution in [-0.4, -0.2) is 48.6 Å². The fourth-order valence-corrected chi connectivity index (χ4v) is 4.18. The van der Waals surface area contributed by atoms with Crippen LogP contribution >= 0.6 is 23.4 Å². The number of hydrogen-bond acceptors (Lipinski definition) is 5. The van der Waals surface area contributed by atoms with Gasteiger partial charge in [0.2, 0.25) is 5.91 Å². The van der Waals surface area contributed by atoms with Crippen molar-refractivity contribution in [1.29, 1.82) is 0 Å². The Morgan fingerprint density at radius 3 is 2.52 bits per heavy atom. The minimum absolute atomic E-state index is 0.166. The summed E-state index contributed by atoms with van der Waals surface area (Å²) in [5.41, 5.74) is 0.986. The first kappa shape index (κ1) is 19.4. The first-order valence-electron chi connectivity index (χ1n) is 8.21. The smallest absolute Gasteiger partial charge is 0.255 e. The molecule has 1 N–H and O–H groups in total. The van der Waals surface area contributed by atoms with Crippen LogP contribution in [0.1, 0.15) is 10.4 Å². The molecule has 142 valence electrons. The summed E-state index contributed by atoms with van der Waals surface area (Å²) in [6.45, 7) is 0. The summed E-state index contributed by atoms with van der Waals surface area (Å²) >= 11 is 7.70. The Bertz CT molecular complexity index is 847. The van der Waals surface area contributed by atoms with Gasteiger partial charge in [-0.15, -0.1) is 11.8 Å². The Morgan fingerprint density at radius 1 is 1.15 bits per heavy atom. The Balaban J connectivity index is 1.79. The number of nitrogens with one attached hydrogen (secondary N) is 1. The third-order valence-electron chi connectivity index (χ3n) is 4.20. The van der Waals surface area contributed by atoms with Gasteiger partial charge in [0.15, 0.2) is 0 Å². The van der Waals surface area contributed by atoms with E-state index in [9.17, 15) is 9.59 Å². The lowest BCUT2D eigenvalue weighted by atomic mass is 10.1. The predicted molar refractivity (Wildman–Crippen MR) is 107 cm³/mol. The largest absolute Gasteiger partial charge is 0.495 e. The highest BCUT2D eigenvalue weighted by molar-refractivity contribution is 7.99. The van der Waals surface area contributed by atoms with Gasteiger partial charge in [0.05, 0.1) is 30.8 Å². The van der Waals surface area contributed by atoms with Crippen LogP contribution in [0, 0.1) is 0 Å². The standard InChI is InChI=1S/C19H19ClN2O4S/c1-25-16-9-17(26-2)14(8-13(16)20)21-18(23)15-10-27-11-22(15)19(24)12-6-4-3-5-7-12/h3-9,15H,10-11H2,1-2H3,(H,21,23)/t15-/m0/s1. The van der Waals surface area contributed by atoms with E-state index in [4.69, 9.17) is 21.1 Å². The van der Waals surface area contributed by atoms with Crippen LogP contribution in [-0.2, 0) is 4.79 Å². The van der Waals surface area contributed by atoms with E-state index < -0.39 is 6.04 Å². The number of carbonyl (C=O) groups is 2. The zero-order chi connectivity index (χ0) is 19.4. The summed E-state index contributed by atoms with van der Waals surface area (Å²) in [6.07, 6.45) is 0. The van der Waals surface area contributed by atoms with Gasteiger partial charge >= 0.3 is 0 Å². The molecule has 27 heavy (non-hydrogen) atoms. The first-order valence-corrected chi connectivity index (χ1v) is 9.74. The summed E-state index contributed by atoms with van der Waals surface area (Å²) in [5, 5.41) is 3.17. The fourth-order valence-electron chi connectivity index (χ4n) is 2.78. The predicted octanol–water partition coefficient (Wildman–Crippen LogP) is 3.51. The van der Waals surface area contributed by atoms with Gasteiger partial charge in [-0.25, -0.2) is 0 Å². The van der Waals surface area contributed by atoms with Crippen molar-refractivity contribution in [3.05, 3.63) is 53.1 Å². The van der Waals surface area contributed by atoms with Crippen molar-refractivity contribution >= 4 is 40.9 Å². The highest BCUT2D eigenvalue weighted by Crippen LogP contribution is 2.36. The summed E-state index contributed by atoms with van der Waals surface area (Å²) in [7, 11) is 3.00. The molecule has 8 heteroatoms. The number of anilines is 1. The molecule has 0 bridgehead atoms. The van der Waals surface area contributed by atoms with Gasteiger partial charge in [0, 0.05) is 17.4 Å². The number of rotatable bonds is 5. The molecule has 1 aliphatic rings. The van der Waals surface area contributed by atoms with Crippen LogP contribution in [0.15, 0.2) is 42.5 Å². The number of thioether (sulfide) groups is 1. The number of methoxy groups -OCH3 is 2. The highest BCUT2D eigenvalue weighted by Gasteiger charge is 2.35. The van der Waals surface area contributed by atoms with Gasteiger partial charge in [-0.1, -0.05) is 29.8 Å². The molecule has 3 rings (SSSR count). The van der Waals surface area contributed by atoms with Crippen molar-refractivity contribution in [1.82, 2.24) is 4.90 Å². The van der Waals surface area contributed by atoms with Crippen molar-refractivity contribution in [3.8, 4) is 11.5 Å². The lowest BCUT2D eigenvalue weighted by molar-refractivity contribution is -0.119. The van der Waals surface area contributed by atoms with Crippen LogP contribution in [0.3, 0.4) is 0 Å². The van der Waals surface area contributed by atoms with E-state index in [0.717, 1.165) is 0 Å². The maximum Gasteiger partial charge on any atom is 0.255 e. The van der Waals surface area contributed by atoms with Gasteiger partial charge < -0.3 is 19.7 Å². The average molecular weight is 407 g/mol. The van der Waals surface area contributed by atoms with Crippen molar-refractivity contribution in [3.63, 3.8) is 0 Å². The van der Waals surface area contributed by atoms with Crippen LogP contribution in [0.4, 0.5) is 5.69 Å². The average Bonchev–Trinajstić information content (AvgIpc) is 3.18. The number of benzene rings is 2. The van der Waals surface area contributed by atoms with E-state index in [0.29, 0.717) is 39.4 Å². The van der Waals surface area contributed by atoms with E-state index in [-0.39, 0.29) is 11.8 Å². The number of nitrogens with zero attached hydrogens (tertiary/aromatic N) is 1. The molecule has 1 atom stereocenters. The van der Waals surface area contributed by atoms with E-state index in [1.165, 1.54) is 26.0 Å². The third kappa shape index (κ3) is 4.14. The molecule has 0 saturated carbocycles. The van der Waals surface area contributed by atoms with Gasteiger partial charge in [-0.2, -0.15) is 0 Å². The van der Waals surface area contributed by atoms with Gasteiger partial charge in [0.1, 0.15) is 17.5 Å². The summed E-state index contributed by atoms with van der Waals surface area (Å²) < 4.78 is 10.5. The molecular weight excluding hydrogens is 388 g/mol. The molecule has 2 amide bonds. The fraction of sp³-hybridized carbons (Fsp3) is 0.263. The molecule has 1 heterocycles. The van der Waals surface area contributed by atoms with E-state index in [1.54, 1.807) is 41.3 Å². The van der Waals surface area contributed by atoms with Crippen LogP contribution < -0.4 is 14.8 Å². The molecule has 0 spiro atoms. The quantitative estimate of drug-likeness (QED) is 0.822. The highest BCUT2D eigenvalue weighted by atomic mass is 35.5. The normalized spacial score (nSPS) is 16.1. The Labute approximate surface area is 166 Å². The number of amides is 2. The molecule has 0 aliphatic carbocycles. The monoisotopic (exact) mass is 406 g/mol. The zero-order valence-corrected chi connectivity index (χ0v) is 16.5. The van der Waals surface area contributed by atoms with Crippen LogP contribution in [0.25, 0.3) is 0 Å². The van der Waals surface area contributed by atoms with E-state index >= 15 is 0 Å². The molecule has 2 aromatic carbocycles. The number of halogens is 1. The van der Waals surface area contributed by atoms with Crippen molar-refractivity contribution in [2.24, 2.45) is 0 Å². The van der Waals surface area contributed by atoms with Crippen LogP contribution in [0.2, 0.25) is 5.02 Å². The summed E-state index contributed by atoms with van der Waals surface area (Å²) in [5.74, 6) is 1.41. The second kappa shape index (κ2) is 8.54. The Kier molecular flexibility index (Phi) is 6.13. The topological polar surface area (TPSA) is 67.9 Å². The molecule has 0 radical (unpaired) electrons. The summed E-state index contributed by atoms with van der Waals surface area (Å²) in [4.78, 5) is 27.2. The lowest BCUT2D eigenvalue weighted by Crippen LogP contribution is -2.44. The number of ether oxygens (including phenoxy) is 2. The lowest BCUT2D eigenvalue weighted by Gasteiger charge is -2.23. The van der Waals surface area contributed by atoms with E-state index in [1.807, 2.05) is 6.07 Å². The van der Waals surface area contributed by atoms with E-state index in [2.05, 4.69) is 5.32 Å². The second-order valence-electron chi connectivity index (χ2n) is 5.83. The van der Waals surface area contributed by atoms with Crippen molar-refractivity contribution in [2.75, 3.05) is 31.2 Å². The number of hydrogen-bond donors (Lipinski definition) is 1. The van der Waals surface area contributed by atoms with Gasteiger partial charge in [-0.3, -0.25) is 9.59 Å². The molecule has 0 unspecified atom stereocenters. The second-order valence-corrected chi connectivity index (χ2v) is 7.24. The minimum Gasteiger partial charge on any atom is -0.495 e. The van der Waals surface area contributed by atoms with Crippen molar-refractivity contribution < 1.29 is 19.1 Å². The molecule has 1 fully saturated rings. The van der Waals surface area contributed by atoms with Crippen LogP contribution in [0.5, 0.6) is 11.5 Å². The maximum absolute atomic E-state index is 12.8. The maximum atomic E-state index is 12.8. The van der Waals surface area contributed by atoms with Gasteiger partial charge in [-0.05, 0) is 18.2 Å². The first-order chi connectivity index (χ1) is 13.0. The summed E-state index contributed by atoms with van der Waals surface area (Å²) in [6, 6.07) is 11.5. The molecule has 1 aliphatic heterocycles. The SMILES string of the molecule is COc1cc(OC)c(NC(=O)[C@@H]2CSCN2C(=O)c2ccccc2)cc1Cl.